The third-order valence-corrected chi connectivity index (χ3v) is 5.94. The summed E-state index contributed by atoms with van der Waals surface area (Å²) in [6.45, 7) is 7.30. The van der Waals surface area contributed by atoms with E-state index in [0.29, 0.717) is 36.3 Å². The maximum atomic E-state index is 13.7. The van der Waals surface area contributed by atoms with E-state index in [-0.39, 0.29) is 23.4 Å². The Morgan fingerprint density at radius 3 is 2.47 bits per heavy atom. The van der Waals surface area contributed by atoms with Crippen molar-refractivity contribution >= 4 is 16.8 Å². The van der Waals surface area contributed by atoms with Gasteiger partial charge in [-0.15, -0.1) is 0 Å². The first-order valence-corrected chi connectivity index (χ1v) is 11.6. The molecule has 0 N–H and O–H groups in total. The molecule has 2 aromatic carbocycles. The summed E-state index contributed by atoms with van der Waals surface area (Å²) >= 11 is 0. The molecule has 1 heterocycles. The molecule has 3 aromatic rings. The number of aromatic nitrogens is 2. The van der Waals surface area contributed by atoms with Crippen LogP contribution in [0.4, 0.5) is 0 Å². The third-order valence-electron chi connectivity index (χ3n) is 5.94. The normalized spacial score (nSPS) is 14.3. The second kappa shape index (κ2) is 9.55. The van der Waals surface area contributed by atoms with Gasteiger partial charge in [0.2, 0.25) is 5.91 Å². The lowest BCUT2D eigenvalue weighted by molar-refractivity contribution is -0.135. The first-order valence-electron chi connectivity index (χ1n) is 11.6. The summed E-state index contributed by atoms with van der Waals surface area (Å²) in [5.41, 5.74) is 1.26. The monoisotopic (exact) mass is 433 g/mol. The summed E-state index contributed by atoms with van der Waals surface area (Å²) in [6, 6.07) is 14.6. The van der Waals surface area contributed by atoms with Crippen molar-refractivity contribution < 1.29 is 9.53 Å². The maximum Gasteiger partial charge on any atom is 0.266 e. The zero-order chi connectivity index (χ0) is 22.7. The van der Waals surface area contributed by atoms with Crippen LogP contribution < -0.4 is 10.3 Å². The summed E-state index contributed by atoms with van der Waals surface area (Å²) in [6.07, 6.45) is 3.44. The van der Waals surface area contributed by atoms with Gasteiger partial charge >= 0.3 is 0 Å². The minimum absolute atomic E-state index is 0.113. The van der Waals surface area contributed by atoms with E-state index in [1.165, 1.54) is 0 Å². The number of fused-ring (bicyclic) bond motifs is 1. The Morgan fingerprint density at radius 1 is 1.12 bits per heavy atom. The first-order chi connectivity index (χ1) is 15.6. The van der Waals surface area contributed by atoms with E-state index in [1.54, 1.807) is 10.6 Å². The van der Waals surface area contributed by atoms with Crippen molar-refractivity contribution in [3.63, 3.8) is 0 Å². The molecule has 0 bridgehead atoms. The van der Waals surface area contributed by atoms with Crippen molar-refractivity contribution in [2.75, 3.05) is 13.2 Å². The van der Waals surface area contributed by atoms with Crippen LogP contribution in [-0.4, -0.2) is 33.5 Å². The number of ether oxygens (including phenoxy) is 1. The molecular formula is C26H31N3O3. The minimum atomic E-state index is -0.271. The van der Waals surface area contributed by atoms with Gasteiger partial charge in [-0.2, -0.15) is 0 Å². The predicted octanol–water partition coefficient (Wildman–Crippen LogP) is 4.88. The Morgan fingerprint density at radius 2 is 1.84 bits per heavy atom. The van der Waals surface area contributed by atoms with Crippen LogP contribution in [0.3, 0.4) is 0 Å². The minimum Gasteiger partial charge on any atom is -0.494 e. The highest BCUT2D eigenvalue weighted by molar-refractivity contribution is 5.82. The van der Waals surface area contributed by atoms with Crippen LogP contribution in [0.5, 0.6) is 5.75 Å². The number of hydrogen-bond donors (Lipinski definition) is 0. The van der Waals surface area contributed by atoms with Crippen molar-refractivity contribution in [1.29, 1.82) is 0 Å². The zero-order valence-electron chi connectivity index (χ0n) is 19.1. The smallest absolute Gasteiger partial charge is 0.266 e. The second-order valence-electron chi connectivity index (χ2n) is 8.28. The molecule has 1 unspecified atom stereocenters. The molecule has 168 valence electrons. The van der Waals surface area contributed by atoms with Gasteiger partial charge in [-0.3, -0.25) is 14.2 Å². The van der Waals surface area contributed by atoms with Gasteiger partial charge in [0.15, 0.2) is 0 Å². The van der Waals surface area contributed by atoms with Gasteiger partial charge in [-0.25, -0.2) is 4.98 Å². The number of benzene rings is 2. The topological polar surface area (TPSA) is 64.4 Å². The highest BCUT2D eigenvalue weighted by Gasteiger charge is 2.37. The molecule has 4 rings (SSSR count). The SMILES string of the molecule is CCCN(C(=O)C1CC1)C(CC)c1nc2ccccc2c(=O)n1-c1ccc(OCC)cc1. The molecule has 1 aromatic heterocycles. The van der Waals surface area contributed by atoms with Gasteiger partial charge in [-0.05, 0) is 69.0 Å². The number of para-hydroxylation sites is 1. The third kappa shape index (κ3) is 4.27. The van der Waals surface area contributed by atoms with Crippen LogP contribution in [0, 0.1) is 5.92 Å². The van der Waals surface area contributed by atoms with Gasteiger partial charge in [0.05, 0.1) is 29.2 Å². The van der Waals surface area contributed by atoms with Crippen molar-refractivity contribution in [3.05, 3.63) is 64.7 Å². The first kappa shape index (κ1) is 22.1. The van der Waals surface area contributed by atoms with Crippen molar-refractivity contribution in [2.45, 2.75) is 52.5 Å². The van der Waals surface area contributed by atoms with Crippen LogP contribution in [0.25, 0.3) is 16.6 Å². The Hall–Kier alpha value is -3.15. The molecule has 1 amide bonds. The fourth-order valence-electron chi connectivity index (χ4n) is 4.25. The fraction of sp³-hybridized carbons (Fsp3) is 0.423. The van der Waals surface area contributed by atoms with E-state index in [9.17, 15) is 9.59 Å². The highest BCUT2D eigenvalue weighted by atomic mass is 16.5. The van der Waals surface area contributed by atoms with Crippen LogP contribution in [0.2, 0.25) is 0 Å². The number of nitrogens with zero attached hydrogens (tertiary/aromatic N) is 3. The summed E-state index contributed by atoms with van der Waals surface area (Å²) < 4.78 is 7.25. The highest BCUT2D eigenvalue weighted by Crippen LogP contribution is 2.35. The molecule has 1 aliphatic rings. The molecule has 6 heteroatoms. The average Bonchev–Trinajstić information content (AvgIpc) is 3.65. The maximum absolute atomic E-state index is 13.7. The number of carbonyl (C=O) groups is 1. The largest absolute Gasteiger partial charge is 0.494 e. The van der Waals surface area contributed by atoms with E-state index in [2.05, 4.69) is 13.8 Å². The number of amides is 1. The van der Waals surface area contributed by atoms with Gasteiger partial charge in [0.1, 0.15) is 11.6 Å². The summed E-state index contributed by atoms with van der Waals surface area (Å²) in [5, 5.41) is 0.565. The molecule has 32 heavy (non-hydrogen) atoms. The standard InChI is InChI=1S/C26H31N3O3/c1-4-17-28(25(30)18-11-12-18)23(5-2)24-27-22-10-8-7-9-21(22)26(31)29(24)19-13-15-20(16-14-19)32-6-3/h7-10,13-16,18,23H,4-6,11-12,17H2,1-3H3. The molecule has 1 saturated carbocycles. The molecule has 0 radical (unpaired) electrons. The number of rotatable bonds is 9. The summed E-state index contributed by atoms with van der Waals surface area (Å²) in [5.74, 6) is 1.66. The molecule has 1 aliphatic carbocycles. The molecular weight excluding hydrogens is 402 g/mol. The lowest BCUT2D eigenvalue weighted by Crippen LogP contribution is -2.39. The Labute approximate surface area is 188 Å². The molecule has 0 aliphatic heterocycles. The quantitative estimate of drug-likeness (QED) is 0.482. The van der Waals surface area contributed by atoms with E-state index in [4.69, 9.17) is 9.72 Å². The van der Waals surface area contributed by atoms with Gasteiger partial charge in [0.25, 0.3) is 5.56 Å². The molecule has 6 nitrogen and oxygen atoms in total. The molecule has 0 saturated heterocycles. The summed E-state index contributed by atoms with van der Waals surface area (Å²) in [7, 11) is 0. The molecule has 1 atom stereocenters. The van der Waals surface area contributed by atoms with Gasteiger partial charge in [0, 0.05) is 12.5 Å². The lowest BCUT2D eigenvalue weighted by atomic mass is 10.1. The van der Waals surface area contributed by atoms with E-state index in [0.717, 1.165) is 30.7 Å². The number of carbonyl (C=O) groups excluding carboxylic acids is 1. The van der Waals surface area contributed by atoms with Crippen LogP contribution in [-0.2, 0) is 4.79 Å². The van der Waals surface area contributed by atoms with E-state index >= 15 is 0 Å². The lowest BCUT2D eigenvalue weighted by Gasteiger charge is -2.32. The van der Waals surface area contributed by atoms with Crippen molar-refractivity contribution in [2.24, 2.45) is 5.92 Å². The second-order valence-corrected chi connectivity index (χ2v) is 8.28. The van der Waals surface area contributed by atoms with Crippen LogP contribution in [0.1, 0.15) is 58.3 Å². The van der Waals surface area contributed by atoms with Crippen LogP contribution >= 0.6 is 0 Å². The van der Waals surface area contributed by atoms with Crippen LogP contribution in [0.15, 0.2) is 53.3 Å². The zero-order valence-corrected chi connectivity index (χ0v) is 19.1. The Kier molecular flexibility index (Phi) is 6.58. The number of hydrogen-bond acceptors (Lipinski definition) is 4. The Balaban J connectivity index is 1.90. The predicted molar refractivity (Wildman–Crippen MR) is 126 cm³/mol. The van der Waals surface area contributed by atoms with Gasteiger partial charge < -0.3 is 9.64 Å². The average molecular weight is 434 g/mol. The van der Waals surface area contributed by atoms with Gasteiger partial charge in [-0.1, -0.05) is 26.0 Å². The molecule has 0 spiro atoms. The van der Waals surface area contributed by atoms with Crippen molar-refractivity contribution in [1.82, 2.24) is 14.5 Å². The molecule has 1 fully saturated rings. The summed E-state index contributed by atoms with van der Waals surface area (Å²) in [4.78, 5) is 33.7. The van der Waals surface area contributed by atoms with E-state index in [1.807, 2.05) is 54.3 Å². The van der Waals surface area contributed by atoms with E-state index < -0.39 is 0 Å². The Bertz CT molecular complexity index is 1150. The fourth-order valence-corrected chi connectivity index (χ4v) is 4.25. The van der Waals surface area contributed by atoms with Crippen molar-refractivity contribution in [3.8, 4) is 11.4 Å².